The van der Waals surface area contributed by atoms with E-state index in [2.05, 4.69) is 4.72 Å². The van der Waals surface area contributed by atoms with E-state index in [9.17, 15) is 8.42 Å². The first-order chi connectivity index (χ1) is 7.33. The second kappa shape index (κ2) is 5.36. The summed E-state index contributed by atoms with van der Waals surface area (Å²) in [6.45, 7) is 4.22. The second-order valence-electron chi connectivity index (χ2n) is 3.82. The van der Waals surface area contributed by atoms with Crippen LogP contribution >= 0.6 is 23.2 Å². The van der Waals surface area contributed by atoms with Crippen LogP contribution in [-0.4, -0.2) is 15.0 Å². The average Bonchev–Trinajstić information content (AvgIpc) is 2.14. The van der Waals surface area contributed by atoms with Crippen molar-refractivity contribution < 1.29 is 8.42 Å². The molecule has 0 heterocycles. The number of halogens is 2. The molecule has 90 valence electrons. The highest BCUT2D eigenvalue weighted by Crippen LogP contribution is 2.24. The van der Waals surface area contributed by atoms with Crippen LogP contribution in [0, 0.1) is 5.92 Å². The van der Waals surface area contributed by atoms with Gasteiger partial charge in [0.05, 0.1) is 5.02 Å². The van der Waals surface area contributed by atoms with E-state index < -0.39 is 10.0 Å². The molecule has 1 rings (SSSR count). The Morgan fingerprint density at radius 2 is 1.94 bits per heavy atom. The van der Waals surface area contributed by atoms with Gasteiger partial charge in [-0.15, -0.1) is 0 Å². The number of sulfonamides is 1. The van der Waals surface area contributed by atoms with E-state index in [4.69, 9.17) is 23.2 Å². The van der Waals surface area contributed by atoms with Gasteiger partial charge in [-0.1, -0.05) is 37.0 Å². The Bertz CT molecular complexity index is 472. The second-order valence-corrected chi connectivity index (χ2v) is 6.40. The molecule has 3 nitrogen and oxygen atoms in total. The van der Waals surface area contributed by atoms with Gasteiger partial charge in [0.1, 0.15) is 4.90 Å². The largest absolute Gasteiger partial charge is 0.242 e. The molecule has 0 amide bonds. The average molecular weight is 282 g/mol. The van der Waals surface area contributed by atoms with Crippen molar-refractivity contribution >= 4 is 33.2 Å². The van der Waals surface area contributed by atoms with Crippen LogP contribution in [0.2, 0.25) is 10.0 Å². The van der Waals surface area contributed by atoms with Gasteiger partial charge in [0.2, 0.25) is 10.0 Å². The Balaban J connectivity index is 2.99. The predicted octanol–water partition coefficient (Wildman–Crippen LogP) is 2.93. The van der Waals surface area contributed by atoms with Gasteiger partial charge in [0.15, 0.2) is 0 Å². The fourth-order valence-electron chi connectivity index (χ4n) is 1.05. The van der Waals surface area contributed by atoms with Gasteiger partial charge in [-0.2, -0.15) is 0 Å². The molecule has 0 aliphatic heterocycles. The normalized spacial score (nSPS) is 12.1. The molecule has 1 aromatic rings. The highest BCUT2D eigenvalue weighted by atomic mass is 35.5. The van der Waals surface area contributed by atoms with Gasteiger partial charge < -0.3 is 0 Å². The zero-order valence-corrected chi connectivity index (χ0v) is 11.3. The Kier molecular flexibility index (Phi) is 4.62. The van der Waals surface area contributed by atoms with Crippen LogP contribution in [-0.2, 0) is 10.0 Å². The molecule has 0 saturated carbocycles. The van der Waals surface area contributed by atoms with Crippen molar-refractivity contribution in [1.82, 2.24) is 4.72 Å². The summed E-state index contributed by atoms with van der Waals surface area (Å²) < 4.78 is 26.1. The molecule has 0 aliphatic rings. The van der Waals surface area contributed by atoms with E-state index in [1.165, 1.54) is 18.2 Å². The number of hydrogen-bond donors (Lipinski definition) is 1. The van der Waals surface area contributed by atoms with Crippen molar-refractivity contribution in [2.24, 2.45) is 5.92 Å². The zero-order valence-electron chi connectivity index (χ0n) is 9.00. The first kappa shape index (κ1) is 13.8. The molecule has 1 N–H and O–H groups in total. The summed E-state index contributed by atoms with van der Waals surface area (Å²) in [7, 11) is -3.54. The molecule has 6 heteroatoms. The summed E-state index contributed by atoms with van der Waals surface area (Å²) in [6, 6.07) is 4.30. The fourth-order valence-corrected chi connectivity index (χ4v) is 3.03. The van der Waals surface area contributed by atoms with E-state index in [1.54, 1.807) is 0 Å². The molecular weight excluding hydrogens is 269 g/mol. The van der Waals surface area contributed by atoms with E-state index in [0.717, 1.165) is 0 Å². The summed E-state index contributed by atoms with van der Waals surface area (Å²) in [5.74, 6) is 0.237. The monoisotopic (exact) mass is 281 g/mol. The molecule has 0 atom stereocenters. The fraction of sp³-hybridized carbons (Fsp3) is 0.400. The van der Waals surface area contributed by atoms with Crippen LogP contribution < -0.4 is 4.72 Å². The Labute approximate surface area is 106 Å². The highest BCUT2D eigenvalue weighted by Gasteiger charge is 2.17. The van der Waals surface area contributed by atoms with E-state index >= 15 is 0 Å². The minimum Gasteiger partial charge on any atom is -0.211 e. The first-order valence-electron chi connectivity index (χ1n) is 4.77. The molecule has 0 saturated heterocycles. The van der Waals surface area contributed by atoms with E-state index in [0.29, 0.717) is 11.6 Å². The summed E-state index contributed by atoms with van der Waals surface area (Å²) >= 11 is 11.5. The van der Waals surface area contributed by atoms with Crippen LogP contribution in [0.1, 0.15) is 13.8 Å². The van der Waals surface area contributed by atoms with Crippen molar-refractivity contribution in [3.63, 3.8) is 0 Å². The molecule has 0 aliphatic carbocycles. The summed E-state index contributed by atoms with van der Waals surface area (Å²) in [4.78, 5) is 0.0548. The summed E-state index contributed by atoms with van der Waals surface area (Å²) in [6.07, 6.45) is 0. The maximum atomic E-state index is 11.8. The third-order valence-electron chi connectivity index (χ3n) is 1.87. The molecular formula is C10H13Cl2NO2S. The van der Waals surface area contributed by atoms with Gasteiger partial charge in [-0.25, -0.2) is 13.1 Å². The highest BCUT2D eigenvalue weighted by molar-refractivity contribution is 7.89. The van der Waals surface area contributed by atoms with Crippen LogP contribution in [0.15, 0.2) is 23.1 Å². The van der Waals surface area contributed by atoms with E-state index in [1.807, 2.05) is 13.8 Å². The van der Waals surface area contributed by atoms with Crippen molar-refractivity contribution in [2.75, 3.05) is 6.54 Å². The van der Waals surface area contributed by atoms with Crippen molar-refractivity contribution in [3.05, 3.63) is 28.2 Å². The number of benzene rings is 1. The third-order valence-corrected chi connectivity index (χ3v) is 4.01. The van der Waals surface area contributed by atoms with Crippen LogP contribution in [0.4, 0.5) is 0 Å². The molecule has 0 radical (unpaired) electrons. The molecule has 1 aromatic carbocycles. The van der Waals surface area contributed by atoms with Gasteiger partial charge in [0.25, 0.3) is 0 Å². The van der Waals surface area contributed by atoms with Crippen LogP contribution in [0.3, 0.4) is 0 Å². The lowest BCUT2D eigenvalue weighted by atomic mass is 10.2. The molecule has 16 heavy (non-hydrogen) atoms. The standard InChI is InChI=1S/C10H13Cl2NO2S/c1-7(2)6-13-16(14,15)10-4-3-8(11)5-9(10)12/h3-5,7,13H,6H2,1-2H3. The minimum absolute atomic E-state index is 0.0548. The molecule has 0 spiro atoms. The SMILES string of the molecule is CC(C)CNS(=O)(=O)c1ccc(Cl)cc1Cl. The predicted molar refractivity (Wildman–Crippen MR) is 66.5 cm³/mol. The molecule has 0 bridgehead atoms. The number of nitrogens with one attached hydrogen (secondary N) is 1. The summed E-state index contributed by atoms with van der Waals surface area (Å²) in [5, 5.41) is 0.538. The first-order valence-corrected chi connectivity index (χ1v) is 7.01. The smallest absolute Gasteiger partial charge is 0.211 e. The van der Waals surface area contributed by atoms with Crippen molar-refractivity contribution in [2.45, 2.75) is 18.7 Å². The summed E-state index contributed by atoms with van der Waals surface area (Å²) in [5.41, 5.74) is 0. The Hall–Kier alpha value is -0.290. The van der Waals surface area contributed by atoms with Crippen molar-refractivity contribution in [3.8, 4) is 0 Å². The van der Waals surface area contributed by atoms with Gasteiger partial charge >= 0.3 is 0 Å². The van der Waals surface area contributed by atoms with E-state index in [-0.39, 0.29) is 15.8 Å². The topological polar surface area (TPSA) is 46.2 Å². The van der Waals surface area contributed by atoms with Crippen LogP contribution in [0.5, 0.6) is 0 Å². The van der Waals surface area contributed by atoms with Crippen LogP contribution in [0.25, 0.3) is 0 Å². The van der Waals surface area contributed by atoms with Gasteiger partial charge in [-0.05, 0) is 24.1 Å². The molecule has 0 fully saturated rings. The number of rotatable bonds is 4. The molecule has 0 unspecified atom stereocenters. The Morgan fingerprint density at radius 1 is 1.31 bits per heavy atom. The lowest BCUT2D eigenvalue weighted by Gasteiger charge is -2.10. The third kappa shape index (κ3) is 3.63. The number of hydrogen-bond acceptors (Lipinski definition) is 2. The van der Waals surface area contributed by atoms with Gasteiger partial charge in [-0.3, -0.25) is 0 Å². The quantitative estimate of drug-likeness (QED) is 0.923. The van der Waals surface area contributed by atoms with Gasteiger partial charge in [0, 0.05) is 11.6 Å². The lowest BCUT2D eigenvalue weighted by molar-refractivity contribution is 0.560. The molecule has 0 aromatic heterocycles. The lowest BCUT2D eigenvalue weighted by Crippen LogP contribution is -2.27. The van der Waals surface area contributed by atoms with Crippen molar-refractivity contribution in [1.29, 1.82) is 0 Å². The maximum absolute atomic E-state index is 11.8. The maximum Gasteiger partial charge on any atom is 0.242 e. The Morgan fingerprint density at radius 3 is 2.44 bits per heavy atom. The zero-order chi connectivity index (χ0) is 12.3. The minimum atomic E-state index is -3.54.